The average Bonchev–Trinajstić information content (AvgIpc) is 2.84. The smallest absolute Gasteiger partial charge is 0.461 e. The molecule has 3 rings (SSSR count). The van der Waals surface area contributed by atoms with Gasteiger partial charge in [-0.1, -0.05) is 30.7 Å². The number of halogens is 8. The fraction of sp³-hybridized carbons (Fsp3) is 0.538. The Labute approximate surface area is 221 Å². The first kappa shape index (κ1) is 30.3. The highest BCUT2D eigenvalue weighted by atomic mass is 35.5. The predicted molar refractivity (Wildman–Crippen MR) is 128 cm³/mol. The third-order valence-electron chi connectivity index (χ3n) is 6.39. The van der Waals surface area contributed by atoms with Crippen LogP contribution in [-0.2, 0) is 13.0 Å². The van der Waals surface area contributed by atoms with E-state index in [1.165, 1.54) is 17.0 Å². The van der Waals surface area contributed by atoms with Gasteiger partial charge in [-0.25, -0.2) is 0 Å². The molecule has 0 aromatic heterocycles. The monoisotopic (exact) mass is 571 g/mol. The lowest BCUT2D eigenvalue weighted by molar-refractivity contribution is -0.253. The molecule has 2 aromatic carbocycles. The Morgan fingerprint density at radius 2 is 1.79 bits per heavy atom. The molecule has 2 aromatic rings. The highest BCUT2D eigenvalue weighted by molar-refractivity contribution is 6.31. The van der Waals surface area contributed by atoms with E-state index in [0.29, 0.717) is 42.9 Å². The van der Waals surface area contributed by atoms with Gasteiger partial charge in [0.25, 0.3) is 0 Å². The zero-order valence-electron chi connectivity index (χ0n) is 20.5. The van der Waals surface area contributed by atoms with Crippen LogP contribution < -0.4 is 9.47 Å². The second kappa shape index (κ2) is 12.7. The number of aryl methyl sites for hydroxylation is 1. The SMILES string of the molecule is CCc1cc(OC2CCCC(N(Cc3cccc(OC(F)(F)C(F)F)c3)CC(O)C(F)(F)F)C2)ccc1Cl. The molecule has 0 saturated heterocycles. The van der Waals surface area contributed by atoms with E-state index >= 15 is 0 Å². The van der Waals surface area contributed by atoms with Gasteiger partial charge in [0.2, 0.25) is 0 Å². The Bertz CT molecular complexity index is 1050. The van der Waals surface area contributed by atoms with E-state index in [4.69, 9.17) is 16.3 Å². The lowest BCUT2D eigenvalue weighted by Gasteiger charge is -2.38. The normalized spacial score (nSPS) is 19.6. The summed E-state index contributed by atoms with van der Waals surface area (Å²) in [6.07, 6.45) is -13.7. The van der Waals surface area contributed by atoms with Crippen LogP contribution in [0.2, 0.25) is 5.02 Å². The number of aliphatic hydroxyl groups is 1. The number of benzene rings is 2. The summed E-state index contributed by atoms with van der Waals surface area (Å²) < 4.78 is 102. The molecule has 0 bridgehead atoms. The Kier molecular flexibility index (Phi) is 10.2. The summed E-state index contributed by atoms with van der Waals surface area (Å²) in [4.78, 5) is 1.41. The molecule has 0 radical (unpaired) electrons. The minimum absolute atomic E-state index is 0.164. The number of hydrogen-bond donors (Lipinski definition) is 1. The number of aliphatic hydroxyl groups excluding tert-OH is 1. The van der Waals surface area contributed by atoms with Crippen molar-refractivity contribution in [3.05, 3.63) is 58.6 Å². The van der Waals surface area contributed by atoms with Gasteiger partial charge in [0.05, 0.1) is 0 Å². The molecule has 1 fully saturated rings. The van der Waals surface area contributed by atoms with Crippen molar-refractivity contribution >= 4 is 11.6 Å². The van der Waals surface area contributed by atoms with E-state index in [-0.39, 0.29) is 18.2 Å². The molecule has 0 amide bonds. The van der Waals surface area contributed by atoms with E-state index < -0.39 is 43.2 Å². The Hall–Kier alpha value is -2.24. The first-order chi connectivity index (χ1) is 17.8. The number of rotatable bonds is 11. The van der Waals surface area contributed by atoms with Crippen molar-refractivity contribution in [3.63, 3.8) is 0 Å². The van der Waals surface area contributed by atoms with Crippen molar-refractivity contribution in [2.45, 2.75) is 82.5 Å². The largest absolute Gasteiger partial charge is 0.490 e. The topological polar surface area (TPSA) is 41.9 Å². The Morgan fingerprint density at radius 3 is 2.45 bits per heavy atom. The van der Waals surface area contributed by atoms with E-state index in [1.54, 1.807) is 12.1 Å². The lowest BCUT2D eigenvalue weighted by atomic mass is 9.91. The number of alkyl halides is 7. The molecule has 12 heteroatoms. The molecule has 3 unspecified atom stereocenters. The minimum Gasteiger partial charge on any atom is -0.490 e. The molecule has 38 heavy (non-hydrogen) atoms. The maximum atomic E-state index is 13.4. The van der Waals surface area contributed by atoms with Gasteiger partial charge in [-0.3, -0.25) is 4.90 Å². The van der Waals surface area contributed by atoms with Gasteiger partial charge >= 0.3 is 18.7 Å². The Balaban J connectivity index is 1.78. The molecule has 1 aliphatic rings. The van der Waals surface area contributed by atoms with Gasteiger partial charge in [0.15, 0.2) is 6.10 Å². The fourth-order valence-electron chi connectivity index (χ4n) is 4.46. The molecule has 1 saturated carbocycles. The molecule has 0 aliphatic heterocycles. The predicted octanol–water partition coefficient (Wildman–Crippen LogP) is 7.25. The molecule has 1 aliphatic carbocycles. The van der Waals surface area contributed by atoms with Crippen LogP contribution in [-0.4, -0.2) is 53.5 Å². The van der Waals surface area contributed by atoms with Crippen molar-refractivity contribution in [2.75, 3.05) is 6.54 Å². The van der Waals surface area contributed by atoms with Crippen molar-refractivity contribution in [1.29, 1.82) is 0 Å². The summed E-state index contributed by atoms with van der Waals surface area (Å²) in [7, 11) is 0. The van der Waals surface area contributed by atoms with Crippen LogP contribution in [0, 0.1) is 0 Å². The Morgan fingerprint density at radius 1 is 1.05 bits per heavy atom. The lowest BCUT2D eigenvalue weighted by Crippen LogP contribution is -2.47. The number of hydrogen-bond acceptors (Lipinski definition) is 4. The van der Waals surface area contributed by atoms with Crippen LogP contribution in [0.3, 0.4) is 0 Å². The fourth-order valence-corrected chi connectivity index (χ4v) is 4.71. The van der Waals surface area contributed by atoms with E-state index in [0.717, 1.165) is 17.7 Å². The van der Waals surface area contributed by atoms with Crippen LogP contribution in [0.5, 0.6) is 11.5 Å². The molecule has 3 atom stereocenters. The molecule has 4 nitrogen and oxygen atoms in total. The third kappa shape index (κ3) is 8.38. The first-order valence-corrected chi connectivity index (χ1v) is 12.5. The van der Waals surface area contributed by atoms with Crippen LogP contribution in [0.15, 0.2) is 42.5 Å². The van der Waals surface area contributed by atoms with Crippen LogP contribution in [0.25, 0.3) is 0 Å². The summed E-state index contributed by atoms with van der Waals surface area (Å²) in [5, 5.41) is 10.4. The summed E-state index contributed by atoms with van der Waals surface area (Å²) in [5.41, 5.74) is 1.15. The van der Waals surface area contributed by atoms with Crippen molar-refractivity contribution in [1.82, 2.24) is 4.90 Å². The van der Waals surface area contributed by atoms with Crippen LogP contribution in [0.4, 0.5) is 30.7 Å². The molecular weight excluding hydrogens is 543 g/mol. The average molecular weight is 572 g/mol. The van der Waals surface area contributed by atoms with Gasteiger partial charge in [-0.2, -0.15) is 30.7 Å². The van der Waals surface area contributed by atoms with Gasteiger partial charge in [-0.15, -0.1) is 0 Å². The maximum absolute atomic E-state index is 13.4. The second-order valence-electron chi connectivity index (χ2n) is 9.27. The molecule has 0 heterocycles. The first-order valence-electron chi connectivity index (χ1n) is 12.2. The van der Waals surface area contributed by atoms with Gasteiger partial charge in [0.1, 0.15) is 17.6 Å². The van der Waals surface area contributed by atoms with Crippen molar-refractivity contribution in [2.24, 2.45) is 0 Å². The standard InChI is InChI=1S/C26H29ClF7NO3/c1-2-17-12-20(9-10-22(17)27)37-19-7-4-6-18(13-19)35(15-23(36)25(30,31)32)14-16-5-3-8-21(11-16)38-26(33,34)24(28)29/h3,5,8-12,18-19,23-24,36H,2,4,6-7,13-15H2,1H3. The van der Waals surface area contributed by atoms with Crippen LogP contribution >= 0.6 is 11.6 Å². The zero-order chi connectivity index (χ0) is 28.1. The van der Waals surface area contributed by atoms with Crippen molar-refractivity contribution in [3.8, 4) is 11.5 Å². The van der Waals surface area contributed by atoms with Gasteiger partial charge in [0, 0.05) is 24.2 Å². The minimum atomic E-state index is -4.87. The zero-order valence-corrected chi connectivity index (χ0v) is 21.3. The van der Waals surface area contributed by atoms with E-state index in [9.17, 15) is 35.8 Å². The second-order valence-corrected chi connectivity index (χ2v) is 9.67. The van der Waals surface area contributed by atoms with E-state index in [1.807, 2.05) is 13.0 Å². The molecule has 0 spiro atoms. The highest BCUT2D eigenvalue weighted by Gasteiger charge is 2.44. The summed E-state index contributed by atoms with van der Waals surface area (Å²) >= 11 is 6.16. The quantitative estimate of drug-likeness (QED) is 0.288. The summed E-state index contributed by atoms with van der Waals surface area (Å²) in [5.74, 6) is 0.0343. The summed E-state index contributed by atoms with van der Waals surface area (Å²) in [6.45, 7) is 1.02. The molecule has 212 valence electrons. The van der Waals surface area contributed by atoms with Crippen molar-refractivity contribution < 1.29 is 45.3 Å². The molecule has 1 N–H and O–H groups in total. The highest BCUT2D eigenvalue weighted by Crippen LogP contribution is 2.32. The third-order valence-corrected chi connectivity index (χ3v) is 6.76. The van der Waals surface area contributed by atoms with Gasteiger partial charge < -0.3 is 14.6 Å². The number of nitrogens with zero attached hydrogens (tertiary/aromatic N) is 1. The van der Waals surface area contributed by atoms with Crippen LogP contribution in [0.1, 0.15) is 43.7 Å². The number of ether oxygens (including phenoxy) is 2. The van der Waals surface area contributed by atoms with Gasteiger partial charge in [-0.05, 0) is 73.6 Å². The summed E-state index contributed by atoms with van der Waals surface area (Å²) in [6, 6.07) is 9.68. The molecular formula is C26H29ClF7NO3. The van der Waals surface area contributed by atoms with E-state index in [2.05, 4.69) is 4.74 Å². The maximum Gasteiger partial charge on any atom is 0.461 e.